The smallest absolute Gasteiger partial charge is 0.198 e. The molecule has 114 valence electrons. The van der Waals surface area contributed by atoms with Crippen LogP contribution in [0.15, 0.2) is 54.1 Å². The first-order valence-corrected chi connectivity index (χ1v) is 7.84. The molecule has 3 nitrogen and oxygen atoms in total. The van der Waals surface area contributed by atoms with Gasteiger partial charge in [0.25, 0.3) is 0 Å². The van der Waals surface area contributed by atoms with Gasteiger partial charge in [-0.15, -0.1) is 0 Å². The van der Waals surface area contributed by atoms with Crippen molar-refractivity contribution in [3.8, 4) is 0 Å². The van der Waals surface area contributed by atoms with Gasteiger partial charge in [-0.05, 0) is 23.6 Å². The fourth-order valence-corrected chi connectivity index (χ4v) is 3.57. The summed E-state index contributed by atoms with van der Waals surface area (Å²) < 4.78 is 5.81. The highest BCUT2D eigenvalue weighted by Gasteiger charge is 2.39. The number of rotatable bonds is 2. The lowest BCUT2D eigenvalue weighted by atomic mass is 9.98. The van der Waals surface area contributed by atoms with Crippen molar-refractivity contribution >= 4 is 17.1 Å². The quantitative estimate of drug-likeness (QED) is 0.622. The summed E-state index contributed by atoms with van der Waals surface area (Å²) in [5.74, 6) is -0.319. The standard InChI is InChI=1S/C20H16O3/c1-2-23-17-11-16(12-7-3-4-8-13(12)17)18-19(21)14-9-5-6-10-15(14)20(18)22/h3-10,17H,2,11H2,1H3. The zero-order valence-corrected chi connectivity index (χ0v) is 12.8. The minimum atomic E-state index is -0.160. The number of hydrogen-bond donors (Lipinski definition) is 0. The van der Waals surface area contributed by atoms with Crippen LogP contribution in [0.1, 0.15) is 51.3 Å². The molecule has 2 aromatic rings. The van der Waals surface area contributed by atoms with Crippen molar-refractivity contribution in [3.05, 3.63) is 76.4 Å². The van der Waals surface area contributed by atoms with Gasteiger partial charge >= 0.3 is 0 Å². The molecule has 0 radical (unpaired) electrons. The summed E-state index contributed by atoms with van der Waals surface area (Å²) in [5, 5.41) is 0. The second-order valence-electron chi connectivity index (χ2n) is 5.79. The van der Waals surface area contributed by atoms with Crippen LogP contribution in [0.4, 0.5) is 0 Å². The Balaban J connectivity index is 1.90. The van der Waals surface area contributed by atoms with E-state index in [1.165, 1.54) is 0 Å². The van der Waals surface area contributed by atoms with E-state index >= 15 is 0 Å². The van der Waals surface area contributed by atoms with Gasteiger partial charge in [-0.25, -0.2) is 0 Å². The predicted octanol–water partition coefficient (Wildman–Crippen LogP) is 4.00. The van der Waals surface area contributed by atoms with Gasteiger partial charge in [0, 0.05) is 24.2 Å². The summed E-state index contributed by atoms with van der Waals surface area (Å²) in [4.78, 5) is 25.5. The molecule has 1 atom stereocenters. The zero-order valence-electron chi connectivity index (χ0n) is 12.8. The lowest BCUT2D eigenvalue weighted by molar-refractivity contribution is 0.0702. The fourth-order valence-electron chi connectivity index (χ4n) is 3.57. The first-order chi connectivity index (χ1) is 11.2. The van der Waals surface area contributed by atoms with Crippen molar-refractivity contribution in [3.63, 3.8) is 0 Å². The van der Waals surface area contributed by atoms with Crippen LogP contribution in [0.25, 0.3) is 5.57 Å². The highest BCUT2D eigenvalue weighted by Crippen LogP contribution is 2.45. The molecule has 0 amide bonds. The second kappa shape index (κ2) is 5.28. The van der Waals surface area contributed by atoms with E-state index in [0.717, 1.165) is 16.7 Å². The number of ketones is 2. The number of allylic oxidation sites excluding steroid dienone is 1. The van der Waals surface area contributed by atoms with Gasteiger partial charge in [0.15, 0.2) is 11.6 Å². The van der Waals surface area contributed by atoms with Crippen LogP contribution in [-0.2, 0) is 4.74 Å². The lowest BCUT2D eigenvalue weighted by Crippen LogP contribution is -2.04. The van der Waals surface area contributed by atoms with E-state index in [4.69, 9.17) is 4.74 Å². The van der Waals surface area contributed by atoms with E-state index in [9.17, 15) is 9.59 Å². The van der Waals surface area contributed by atoms with Crippen LogP contribution in [0.5, 0.6) is 0 Å². The Hall–Kier alpha value is -2.52. The topological polar surface area (TPSA) is 43.4 Å². The SMILES string of the molecule is CCOC1CC(=C2C(=O)c3ccccc3C2=O)c2ccccc21. The van der Waals surface area contributed by atoms with E-state index in [1.54, 1.807) is 24.3 Å². The molecular weight excluding hydrogens is 288 g/mol. The monoisotopic (exact) mass is 304 g/mol. The van der Waals surface area contributed by atoms with Gasteiger partial charge < -0.3 is 4.74 Å². The molecule has 0 saturated carbocycles. The molecule has 2 aliphatic carbocycles. The van der Waals surface area contributed by atoms with Gasteiger partial charge in [-0.1, -0.05) is 48.5 Å². The summed E-state index contributed by atoms with van der Waals surface area (Å²) in [6.07, 6.45) is 0.497. The molecule has 2 aliphatic rings. The summed E-state index contributed by atoms with van der Waals surface area (Å²) in [6, 6.07) is 14.9. The average molecular weight is 304 g/mol. The number of carbonyl (C=O) groups excluding carboxylic acids is 2. The number of carbonyl (C=O) groups is 2. The third-order valence-corrected chi connectivity index (χ3v) is 4.56. The number of ether oxygens (including phenoxy) is 1. The van der Waals surface area contributed by atoms with Crippen molar-refractivity contribution in [1.29, 1.82) is 0 Å². The van der Waals surface area contributed by atoms with Gasteiger partial charge in [-0.3, -0.25) is 9.59 Å². The Kier molecular flexibility index (Phi) is 3.24. The number of hydrogen-bond acceptors (Lipinski definition) is 3. The summed E-state index contributed by atoms with van der Waals surface area (Å²) in [7, 11) is 0. The molecule has 2 aromatic carbocycles. The highest BCUT2D eigenvalue weighted by molar-refractivity contribution is 6.42. The molecule has 0 N–H and O–H groups in total. The van der Waals surface area contributed by atoms with Gasteiger partial charge in [0.2, 0.25) is 0 Å². The van der Waals surface area contributed by atoms with Gasteiger partial charge in [0.05, 0.1) is 11.7 Å². The van der Waals surface area contributed by atoms with Crippen molar-refractivity contribution in [2.24, 2.45) is 0 Å². The molecule has 23 heavy (non-hydrogen) atoms. The third kappa shape index (κ3) is 2.01. The van der Waals surface area contributed by atoms with E-state index in [1.807, 2.05) is 31.2 Å². The molecule has 0 saturated heterocycles. The Morgan fingerprint density at radius 2 is 1.48 bits per heavy atom. The van der Waals surface area contributed by atoms with Gasteiger partial charge in [0.1, 0.15) is 0 Å². The summed E-state index contributed by atoms with van der Waals surface area (Å²) in [6.45, 7) is 2.55. The van der Waals surface area contributed by atoms with Crippen molar-refractivity contribution in [1.82, 2.24) is 0 Å². The first kappa shape index (κ1) is 14.1. The highest BCUT2D eigenvalue weighted by atomic mass is 16.5. The maximum Gasteiger partial charge on any atom is 0.198 e. The van der Waals surface area contributed by atoms with E-state index in [2.05, 4.69) is 0 Å². The van der Waals surface area contributed by atoms with E-state index < -0.39 is 0 Å². The maximum atomic E-state index is 12.7. The average Bonchev–Trinajstić information content (AvgIpc) is 3.05. The largest absolute Gasteiger partial charge is 0.373 e. The molecule has 0 bridgehead atoms. The molecule has 0 spiro atoms. The fraction of sp³-hybridized carbons (Fsp3) is 0.200. The number of fused-ring (bicyclic) bond motifs is 2. The normalized spacial score (nSPS) is 19.3. The van der Waals surface area contributed by atoms with Crippen molar-refractivity contribution < 1.29 is 14.3 Å². The molecule has 3 heteroatoms. The van der Waals surface area contributed by atoms with Crippen molar-refractivity contribution in [2.45, 2.75) is 19.4 Å². The van der Waals surface area contributed by atoms with E-state index in [0.29, 0.717) is 29.7 Å². The molecule has 1 unspecified atom stereocenters. The van der Waals surface area contributed by atoms with Crippen molar-refractivity contribution in [2.75, 3.05) is 6.61 Å². The van der Waals surface area contributed by atoms with E-state index in [-0.39, 0.29) is 17.7 Å². The Morgan fingerprint density at radius 3 is 2.09 bits per heavy atom. The van der Waals surface area contributed by atoms with Gasteiger partial charge in [-0.2, -0.15) is 0 Å². The number of Topliss-reactive ketones (excluding diaryl/α,β-unsaturated/α-hetero) is 2. The molecule has 0 aromatic heterocycles. The minimum absolute atomic E-state index is 0.0805. The Labute approximate surface area is 134 Å². The van der Waals surface area contributed by atoms with Crippen LogP contribution in [0.3, 0.4) is 0 Å². The molecular formula is C20H16O3. The molecule has 0 heterocycles. The molecule has 0 aliphatic heterocycles. The maximum absolute atomic E-state index is 12.7. The van der Waals surface area contributed by atoms with Crippen LogP contribution >= 0.6 is 0 Å². The van der Waals surface area contributed by atoms with Crippen LogP contribution < -0.4 is 0 Å². The third-order valence-electron chi connectivity index (χ3n) is 4.56. The Morgan fingerprint density at radius 1 is 0.913 bits per heavy atom. The Bertz CT molecular complexity index is 824. The second-order valence-corrected chi connectivity index (χ2v) is 5.79. The lowest BCUT2D eigenvalue weighted by Gasteiger charge is -2.10. The molecule has 4 rings (SSSR count). The first-order valence-electron chi connectivity index (χ1n) is 7.84. The van der Waals surface area contributed by atoms with Crippen LogP contribution in [0.2, 0.25) is 0 Å². The summed E-state index contributed by atoms with van der Waals surface area (Å²) >= 11 is 0. The summed E-state index contributed by atoms with van der Waals surface area (Å²) in [5.41, 5.74) is 4.20. The number of benzene rings is 2. The zero-order chi connectivity index (χ0) is 16.0. The van der Waals surface area contributed by atoms with Crippen LogP contribution in [-0.4, -0.2) is 18.2 Å². The molecule has 0 fully saturated rings. The van der Waals surface area contributed by atoms with Crippen LogP contribution in [0, 0.1) is 0 Å². The minimum Gasteiger partial charge on any atom is -0.373 e. The predicted molar refractivity (Wildman–Crippen MR) is 87.4 cm³/mol.